The summed E-state index contributed by atoms with van der Waals surface area (Å²) < 4.78 is 1.03. The van der Waals surface area contributed by atoms with Crippen molar-refractivity contribution in [1.29, 1.82) is 0 Å². The molecule has 0 spiro atoms. The van der Waals surface area contributed by atoms with Crippen molar-refractivity contribution in [3.05, 3.63) is 52.1 Å². The van der Waals surface area contributed by atoms with Gasteiger partial charge in [-0.25, -0.2) is 4.98 Å². The van der Waals surface area contributed by atoms with Gasteiger partial charge in [0.05, 0.1) is 0 Å². The van der Waals surface area contributed by atoms with E-state index in [1.807, 2.05) is 6.20 Å². The molecule has 1 aliphatic rings. The minimum absolute atomic E-state index is 0.844. The second-order valence-corrected chi connectivity index (χ2v) is 6.22. The minimum atomic E-state index is 0.844. The Morgan fingerprint density at radius 1 is 1.33 bits per heavy atom. The number of rotatable bonds is 4. The molecule has 2 aromatic rings. The predicted molar refractivity (Wildman–Crippen MR) is 91.1 cm³/mol. The number of benzene rings is 1. The molecule has 0 aliphatic carbocycles. The first-order valence-corrected chi connectivity index (χ1v) is 8.29. The summed E-state index contributed by atoms with van der Waals surface area (Å²) in [6.45, 7) is 4.96. The summed E-state index contributed by atoms with van der Waals surface area (Å²) in [5, 5.41) is 3.41. The number of aryl methyl sites for hydroxylation is 1. The van der Waals surface area contributed by atoms with Gasteiger partial charge in [0.2, 0.25) is 0 Å². The molecule has 2 heterocycles. The van der Waals surface area contributed by atoms with Crippen LogP contribution >= 0.6 is 15.9 Å². The summed E-state index contributed by atoms with van der Waals surface area (Å²) in [6.07, 6.45) is 4.23. The van der Waals surface area contributed by atoms with Crippen LogP contribution in [0.1, 0.15) is 24.5 Å². The first-order chi connectivity index (χ1) is 10.3. The molecule has 0 radical (unpaired) electrons. The average Bonchev–Trinajstić information content (AvgIpc) is 2.52. The van der Waals surface area contributed by atoms with Gasteiger partial charge < -0.3 is 10.2 Å². The van der Waals surface area contributed by atoms with Gasteiger partial charge in [-0.2, -0.15) is 0 Å². The van der Waals surface area contributed by atoms with Crippen LogP contribution in [0, 0.1) is 0 Å². The molecule has 1 aromatic heterocycles. The Hall–Kier alpha value is -1.39. The van der Waals surface area contributed by atoms with Crippen LogP contribution in [-0.2, 0) is 13.0 Å². The van der Waals surface area contributed by atoms with Gasteiger partial charge in [-0.15, -0.1) is 0 Å². The maximum absolute atomic E-state index is 4.69. The van der Waals surface area contributed by atoms with Gasteiger partial charge in [-0.1, -0.05) is 25.1 Å². The standard InChI is InChI=1S/C17H20BrN3/c1-2-19-11-14-10-15(18)12-20-17(14)21-9-5-7-13-6-3-4-8-16(13)21/h3-4,6,8,10,12,19H,2,5,7,9,11H2,1H3. The van der Waals surface area contributed by atoms with Gasteiger partial charge >= 0.3 is 0 Å². The lowest BCUT2D eigenvalue weighted by Gasteiger charge is -2.31. The molecule has 0 fully saturated rings. The van der Waals surface area contributed by atoms with E-state index < -0.39 is 0 Å². The molecule has 3 nitrogen and oxygen atoms in total. The van der Waals surface area contributed by atoms with Crippen molar-refractivity contribution in [2.75, 3.05) is 18.0 Å². The normalized spacial score (nSPS) is 14.1. The van der Waals surface area contributed by atoms with E-state index in [4.69, 9.17) is 4.98 Å². The number of anilines is 2. The Balaban J connectivity index is 2.01. The molecule has 1 aliphatic heterocycles. The third-order valence-corrected chi connectivity index (χ3v) is 4.27. The predicted octanol–water partition coefficient (Wildman–Crippen LogP) is 4.04. The second kappa shape index (κ2) is 6.58. The van der Waals surface area contributed by atoms with Crippen LogP contribution < -0.4 is 10.2 Å². The Labute approximate surface area is 134 Å². The highest BCUT2D eigenvalue weighted by Crippen LogP contribution is 2.34. The highest BCUT2D eigenvalue weighted by molar-refractivity contribution is 9.10. The molecule has 0 saturated carbocycles. The van der Waals surface area contributed by atoms with Gasteiger partial charge in [0.1, 0.15) is 5.82 Å². The van der Waals surface area contributed by atoms with Crippen LogP contribution in [0.15, 0.2) is 41.0 Å². The highest BCUT2D eigenvalue weighted by atomic mass is 79.9. The molecule has 0 saturated heterocycles. The SMILES string of the molecule is CCNCc1cc(Br)cnc1N1CCCc2ccccc21. The lowest BCUT2D eigenvalue weighted by Crippen LogP contribution is -2.27. The number of halogens is 1. The van der Waals surface area contributed by atoms with Crippen molar-refractivity contribution in [1.82, 2.24) is 10.3 Å². The summed E-state index contributed by atoms with van der Waals surface area (Å²) in [6, 6.07) is 10.8. The van der Waals surface area contributed by atoms with E-state index in [0.29, 0.717) is 0 Å². The number of nitrogens with one attached hydrogen (secondary N) is 1. The average molecular weight is 346 g/mol. The number of fused-ring (bicyclic) bond motifs is 1. The van der Waals surface area contributed by atoms with E-state index in [-0.39, 0.29) is 0 Å². The van der Waals surface area contributed by atoms with Crippen LogP contribution in [0.5, 0.6) is 0 Å². The third kappa shape index (κ3) is 3.11. The Kier molecular flexibility index (Phi) is 4.56. The Morgan fingerprint density at radius 3 is 3.05 bits per heavy atom. The molecule has 21 heavy (non-hydrogen) atoms. The zero-order valence-corrected chi connectivity index (χ0v) is 13.9. The van der Waals surface area contributed by atoms with Crippen molar-refractivity contribution in [3.63, 3.8) is 0 Å². The second-order valence-electron chi connectivity index (χ2n) is 5.30. The smallest absolute Gasteiger partial charge is 0.137 e. The first-order valence-electron chi connectivity index (χ1n) is 7.50. The number of para-hydroxylation sites is 1. The quantitative estimate of drug-likeness (QED) is 0.906. The molecule has 110 valence electrons. The van der Waals surface area contributed by atoms with E-state index in [9.17, 15) is 0 Å². The highest BCUT2D eigenvalue weighted by Gasteiger charge is 2.21. The minimum Gasteiger partial charge on any atom is -0.326 e. The molecule has 3 rings (SSSR count). The molecule has 4 heteroatoms. The largest absolute Gasteiger partial charge is 0.326 e. The summed E-state index contributed by atoms with van der Waals surface area (Å²) in [5.74, 6) is 1.08. The van der Waals surface area contributed by atoms with E-state index in [1.165, 1.54) is 23.2 Å². The van der Waals surface area contributed by atoms with Crippen LogP contribution in [0.4, 0.5) is 11.5 Å². The Morgan fingerprint density at radius 2 is 2.19 bits per heavy atom. The van der Waals surface area contributed by atoms with Crippen molar-refractivity contribution >= 4 is 27.4 Å². The van der Waals surface area contributed by atoms with Gasteiger partial charge in [0.25, 0.3) is 0 Å². The van der Waals surface area contributed by atoms with Crippen molar-refractivity contribution in [2.24, 2.45) is 0 Å². The summed E-state index contributed by atoms with van der Waals surface area (Å²) in [5.41, 5.74) is 3.96. The van der Waals surface area contributed by atoms with Crippen molar-refractivity contribution < 1.29 is 0 Å². The third-order valence-electron chi connectivity index (χ3n) is 3.84. The van der Waals surface area contributed by atoms with Crippen molar-refractivity contribution in [3.8, 4) is 0 Å². The van der Waals surface area contributed by atoms with Gasteiger partial charge in [-0.05, 0) is 53.0 Å². The van der Waals surface area contributed by atoms with Crippen molar-refractivity contribution in [2.45, 2.75) is 26.3 Å². The fourth-order valence-electron chi connectivity index (χ4n) is 2.86. The first kappa shape index (κ1) is 14.5. The number of pyridine rings is 1. The van der Waals surface area contributed by atoms with Gasteiger partial charge in [0, 0.05) is 35.0 Å². The lowest BCUT2D eigenvalue weighted by atomic mass is 10.0. The van der Waals surface area contributed by atoms with Crippen LogP contribution in [-0.4, -0.2) is 18.1 Å². The van der Waals surface area contributed by atoms with Crippen LogP contribution in [0.25, 0.3) is 0 Å². The molecule has 0 amide bonds. The van der Waals surface area contributed by atoms with Gasteiger partial charge in [-0.3, -0.25) is 0 Å². The molecule has 1 aromatic carbocycles. The summed E-state index contributed by atoms with van der Waals surface area (Å²) in [4.78, 5) is 7.05. The van der Waals surface area contributed by atoms with E-state index in [0.717, 1.165) is 36.3 Å². The maximum atomic E-state index is 4.69. The number of nitrogens with zero attached hydrogens (tertiary/aromatic N) is 2. The fraction of sp³-hybridized carbons (Fsp3) is 0.353. The number of aromatic nitrogens is 1. The topological polar surface area (TPSA) is 28.2 Å². The maximum Gasteiger partial charge on any atom is 0.137 e. The molecular formula is C17H20BrN3. The van der Waals surface area contributed by atoms with E-state index in [1.54, 1.807) is 0 Å². The molecular weight excluding hydrogens is 326 g/mol. The summed E-state index contributed by atoms with van der Waals surface area (Å²) >= 11 is 3.54. The number of hydrogen-bond donors (Lipinski definition) is 1. The lowest BCUT2D eigenvalue weighted by molar-refractivity contribution is 0.711. The van der Waals surface area contributed by atoms with Gasteiger partial charge in [0.15, 0.2) is 0 Å². The zero-order valence-electron chi connectivity index (χ0n) is 12.3. The molecule has 0 bridgehead atoms. The summed E-state index contributed by atoms with van der Waals surface area (Å²) in [7, 11) is 0. The van der Waals surface area contributed by atoms with Crippen LogP contribution in [0.3, 0.4) is 0 Å². The molecule has 0 atom stereocenters. The Bertz CT molecular complexity index is 627. The fourth-order valence-corrected chi connectivity index (χ4v) is 3.24. The monoisotopic (exact) mass is 345 g/mol. The molecule has 0 unspecified atom stereocenters. The molecule has 1 N–H and O–H groups in total. The van der Waals surface area contributed by atoms with E-state index >= 15 is 0 Å². The number of hydrogen-bond acceptors (Lipinski definition) is 3. The van der Waals surface area contributed by atoms with Crippen LogP contribution in [0.2, 0.25) is 0 Å². The zero-order chi connectivity index (χ0) is 14.7. The van der Waals surface area contributed by atoms with E-state index in [2.05, 4.69) is 63.4 Å².